The SMILES string of the molecule is CC(=O)N1N=C(c2ccc(N)cc2)c2cc3c(cc2CC1C)CCO3. The summed E-state index contributed by atoms with van der Waals surface area (Å²) in [5, 5.41) is 6.31. The minimum Gasteiger partial charge on any atom is -0.493 e. The van der Waals surface area contributed by atoms with Gasteiger partial charge in [0.1, 0.15) is 5.75 Å². The molecule has 2 N–H and O–H groups in total. The van der Waals surface area contributed by atoms with Gasteiger partial charge in [0.05, 0.1) is 18.4 Å². The maximum atomic E-state index is 12.1. The lowest BCUT2D eigenvalue weighted by atomic mass is 9.92. The van der Waals surface area contributed by atoms with Crippen LogP contribution in [0, 0.1) is 0 Å². The quantitative estimate of drug-likeness (QED) is 0.815. The summed E-state index contributed by atoms with van der Waals surface area (Å²) in [6.45, 7) is 4.31. The van der Waals surface area contributed by atoms with Crippen molar-refractivity contribution in [2.24, 2.45) is 5.10 Å². The van der Waals surface area contributed by atoms with E-state index < -0.39 is 0 Å². The van der Waals surface area contributed by atoms with Crippen LogP contribution in [-0.2, 0) is 17.6 Å². The van der Waals surface area contributed by atoms with E-state index in [2.05, 4.69) is 12.1 Å². The van der Waals surface area contributed by atoms with E-state index in [1.807, 2.05) is 31.2 Å². The van der Waals surface area contributed by atoms with Gasteiger partial charge >= 0.3 is 0 Å². The average molecular weight is 335 g/mol. The lowest BCUT2D eigenvalue weighted by molar-refractivity contribution is -0.130. The van der Waals surface area contributed by atoms with E-state index in [1.165, 1.54) is 11.1 Å². The zero-order valence-corrected chi connectivity index (χ0v) is 14.5. The number of nitrogens with zero attached hydrogens (tertiary/aromatic N) is 2. The Morgan fingerprint density at radius 3 is 2.72 bits per heavy atom. The molecule has 2 aliphatic rings. The molecule has 2 aliphatic heterocycles. The van der Waals surface area contributed by atoms with Crippen LogP contribution in [0.15, 0.2) is 41.5 Å². The molecule has 0 spiro atoms. The van der Waals surface area contributed by atoms with Gasteiger partial charge in [0.2, 0.25) is 5.91 Å². The largest absolute Gasteiger partial charge is 0.493 e. The number of benzene rings is 2. The Labute approximate surface area is 147 Å². The highest BCUT2D eigenvalue weighted by Gasteiger charge is 2.27. The smallest absolute Gasteiger partial charge is 0.239 e. The first kappa shape index (κ1) is 15.7. The van der Waals surface area contributed by atoms with Crippen LogP contribution in [0.2, 0.25) is 0 Å². The fraction of sp³-hybridized carbons (Fsp3) is 0.300. The second-order valence-corrected chi connectivity index (χ2v) is 6.70. The molecule has 0 bridgehead atoms. The molecule has 2 heterocycles. The Morgan fingerprint density at radius 1 is 1.24 bits per heavy atom. The fourth-order valence-corrected chi connectivity index (χ4v) is 3.57. The van der Waals surface area contributed by atoms with Crippen molar-refractivity contribution in [3.63, 3.8) is 0 Å². The zero-order chi connectivity index (χ0) is 17.6. The third-order valence-corrected chi connectivity index (χ3v) is 4.82. The predicted molar refractivity (Wildman–Crippen MR) is 97.8 cm³/mol. The molecule has 0 aromatic heterocycles. The summed E-state index contributed by atoms with van der Waals surface area (Å²) in [5.74, 6) is 0.864. The summed E-state index contributed by atoms with van der Waals surface area (Å²) in [7, 11) is 0. The van der Waals surface area contributed by atoms with E-state index in [9.17, 15) is 4.79 Å². The Hall–Kier alpha value is -2.82. The first-order valence-electron chi connectivity index (χ1n) is 8.56. The molecule has 2 aromatic rings. The second-order valence-electron chi connectivity index (χ2n) is 6.70. The number of hydrogen-bond acceptors (Lipinski definition) is 4. The van der Waals surface area contributed by atoms with E-state index in [4.69, 9.17) is 15.6 Å². The molecular formula is C20H21N3O2. The van der Waals surface area contributed by atoms with Crippen LogP contribution in [0.5, 0.6) is 5.75 Å². The van der Waals surface area contributed by atoms with Crippen LogP contribution in [0.3, 0.4) is 0 Å². The molecule has 128 valence electrons. The van der Waals surface area contributed by atoms with Crippen LogP contribution in [-0.4, -0.2) is 29.3 Å². The third kappa shape index (κ3) is 2.76. The highest BCUT2D eigenvalue weighted by Crippen LogP contribution is 2.33. The molecule has 2 aromatic carbocycles. The maximum absolute atomic E-state index is 12.1. The summed E-state index contributed by atoms with van der Waals surface area (Å²) in [4.78, 5) is 12.1. The minimum atomic E-state index is -0.0583. The lowest BCUT2D eigenvalue weighted by Crippen LogP contribution is -2.33. The third-order valence-electron chi connectivity index (χ3n) is 4.82. The zero-order valence-electron chi connectivity index (χ0n) is 14.5. The number of anilines is 1. The number of fused-ring (bicyclic) bond motifs is 2. The normalized spacial score (nSPS) is 18.7. The Balaban J connectivity index is 1.92. The van der Waals surface area contributed by atoms with Gasteiger partial charge in [0.15, 0.2) is 0 Å². The fourth-order valence-electron chi connectivity index (χ4n) is 3.57. The van der Waals surface area contributed by atoms with Gasteiger partial charge in [-0.15, -0.1) is 0 Å². The van der Waals surface area contributed by atoms with Gasteiger partial charge in [-0.25, -0.2) is 5.01 Å². The maximum Gasteiger partial charge on any atom is 0.239 e. The number of carbonyl (C=O) groups is 1. The van der Waals surface area contributed by atoms with Crippen molar-refractivity contribution in [3.8, 4) is 5.75 Å². The van der Waals surface area contributed by atoms with Gasteiger partial charge in [0, 0.05) is 30.2 Å². The van der Waals surface area contributed by atoms with Gasteiger partial charge in [0.25, 0.3) is 0 Å². The molecule has 0 radical (unpaired) electrons. The molecule has 1 unspecified atom stereocenters. The van der Waals surface area contributed by atoms with Crippen molar-refractivity contribution >= 4 is 17.3 Å². The van der Waals surface area contributed by atoms with E-state index in [-0.39, 0.29) is 11.9 Å². The van der Waals surface area contributed by atoms with Crippen molar-refractivity contribution in [3.05, 3.63) is 58.7 Å². The van der Waals surface area contributed by atoms with E-state index >= 15 is 0 Å². The average Bonchev–Trinajstić information content (AvgIpc) is 2.97. The van der Waals surface area contributed by atoms with Gasteiger partial charge in [-0.3, -0.25) is 4.79 Å². The number of nitrogen functional groups attached to an aromatic ring is 1. The van der Waals surface area contributed by atoms with Crippen molar-refractivity contribution in [2.75, 3.05) is 12.3 Å². The number of amides is 1. The van der Waals surface area contributed by atoms with Crippen molar-refractivity contribution < 1.29 is 9.53 Å². The van der Waals surface area contributed by atoms with Crippen molar-refractivity contribution in [1.82, 2.24) is 5.01 Å². The molecule has 1 amide bonds. The number of carbonyl (C=O) groups excluding carboxylic acids is 1. The van der Waals surface area contributed by atoms with E-state index in [0.29, 0.717) is 5.69 Å². The van der Waals surface area contributed by atoms with Crippen LogP contribution in [0.1, 0.15) is 36.1 Å². The van der Waals surface area contributed by atoms with Gasteiger partial charge < -0.3 is 10.5 Å². The van der Waals surface area contributed by atoms with E-state index in [0.717, 1.165) is 42.0 Å². The molecule has 0 fully saturated rings. The van der Waals surface area contributed by atoms with Crippen molar-refractivity contribution in [1.29, 1.82) is 0 Å². The molecule has 0 saturated carbocycles. The molecule has 4 rings (SSSR count). The number of ether oxygens (including phenoxy) is 1. The first-order valence-corrected chi connectivity index (χ1v) is 8.56. The molecule has 5 nitrogen and oxygen atoms in total. The molecular weight excluding hydrogens is 314 g/mol. The second kappa shape index (κ2) is 5.92. The number of hydrogen-bond donors (Lipinski definition) is 1. The number of nitrogens with two attached hydrogens (primary N) is 1. The standard InChI is InChI=1S/C20H21N3O2/c1-12-9-16-10-15-7-8-25-19(15)11-18(16)20(22-23(12)13(2)24)14-3-5-17(21)6-4-14/h3-6,10-12H,7-9,21H2,1-2H3. The van der Waals surface area contributed by atoms with Gasteiger partial charge in [-0.2, -0.15) is 5.10 Å². The highest BCUT2D eigenvalue weighted by atomic mass is 16.5. The summed E-state index contributed by atoms with van der Waals surface area (Å²) < 4.78 is 5.75. The Morgan fingerprint density at radius 2 is 2.00 bits per heavy atom. The van der Waals surface area contributed by atoms with Crippen LogP contribution in [0.25, 0.3) is 0 Å². The van der Waals surface area contributed by atoms with Gasteiger partial charge in [-0.05, 0) is 42.7 Å². The Kier molecular flexibility index (Phi) is 3.71. The number of hydrazone groups is 1. The molecule has 1 atom stereocenters. The van der Waals surface area contributed by atoms with Crippen LogP contribution < -0.4 is 10.5 Å². The van der Waals surface area contributed by atoms with Crippen molar-refractivity contribution in [2.45, 2.75) is 32.7 Å². The lowest BCUT2D eigenvalue weighted by Gasteiger charge is -2.21. The van der Waals surface area contributed by atoms with Crippen LogP contribution >= 0.6 is 0 Å². The monoisotopic (exact) mass is 335 g/mol. The van der Waals surface area contributed by atoms with E-state index in [1.54, 1.807) is 11.9 Å². The van der Waals surface area contributed by atoms with Crippen LogP contribution in [0.4, 0.5) is 5.69 Å². The summed E-state index contributed by atoms with van der Waals surface area (Å²) in [6, 6.07) is 11.9. The highest BCUT2D eigenvalue weighted by molar-refractivity contribution is 6.14. The number of rotatable bonds is 1. The molecule has 0 aliphatic carbocycles. The topological polar surface area (TPSA) is 67.9 Å². The summed E-state index contributed by atoms with van der Waals surface area (Å²) in [6.07, 6.45) is 1.70. The molecule has 5 heteroatoms. The molecule has 0 saturated heterocycles. The first-order chi connectivity index (χ1) is 12.0. The summed E-state index contributed by atoms with van der Waals surface area (Å²) in [5.41, 5.74) is 11.7. The molecule has 25 heavy (non-hydrogen) atoms. The van der Waals surface area contributed by atoms with Gasteiger partial charge in [-0.1, -0.05) is 18.2 Å². The minimum absolute atomic E-state index is 0.00269. The predicted octanol–water partition coefficient (Wildman–Crippen LogP) is 2.75. The Bertz CT molecular complexity index is 871. The summed E-state index contributed by atoms with van der Waals surface area (Å²) >= 11 is 0.